The van der Waals surface area contributed by atoms with Crippen molar-refractivity contribution in [2.24, 2.45) is 11.8 Å². The maximum atomic E-state index is 11.5. The number of rotatable bonds is 6. The van der Waals surface area contributed by atoms with E-state index in [9.17, 15) is 4.79 Å². The van der Waals surface area contributed by atoms with Gasteiger partial charge in [-0.2, -0.15) is 5.26 Å². The van der Waals surface area contributed by atoms with E-state index in [1.807, 2.05) is 13.0 Å². The Kier molecular flexibility index (Phi) is 6.82. The summed E-state index contributed by atoms with van der Waals surface area (Å²) in [6.45, 7) is 6.83. The number of hydrogen-bond acceptors (Lipinski definition) is 2. The van der Waals surface area contributed by atoms with Gasteiger partial charge >= 0.3 is 0 Å². The van der Waals surface area contributed by atoms with Crippen molar-refractivity contribution in [1.82, 2.24) is 5.32 Å². The van der Waals surface area contributed by atoms with Gasteiger partial charge in [0.15, 0.2) is 0 Å². The van der Waals surface area contributed by atoms with Gasteiger partial charge in [0, 0.05) is 6.54 Å². The summed E-state index contributed by atoms with van der Waals surface area (Å²) >= 11 is 0. The van der Waals surface area contributed by atoms with Gasteiger partial charge in [-0.1, -0.05) is 33.6 Å². The lowest BCUT2D eigenvalue weighted by atomic mass is 10.0. The fourth-order valence-electron chi connectivity index (χ4n) is 1.09. The zero-order chi connectivity index (χ0) is 11.0. The third kappa shape index (κ3) is 4.86. The Bertz CT molecular complexity index is 208. The summed E-state index contributed by atoms with van der Waals surface area (Å²) in [7, 11) is 0. The van der Waals surface area contributed by atoms with E-state index >= 15 is 0 Å². The second-order valence-corrected chi connectivity index (χ2v) is 3.73. The van der Waals surface area contributed by atoms with E-state index in [4.69, 9.17) is 5.26 Å². The second kappa shape index (κ2) is 7.37. The van der Waals surface area contributed by atoms with Crippen LogP contribution < -0.4 is 5.32 Å². The largest absolute Gasteiger partial charge is 0.355 e. The molecule has 0 saturated heterocycles. The standard InChI is InChI=1S/C11H20N2O/c1-4-6-10(7-12)11(14)13-8-9(3)5-2/h9-10H,4-6,8H2,1-3H3,(H,13,14). The molecular weight excluding hydrogens is 176 g/mol. The van der Waals surface area contributed by atoms with Crippen LogP contribution in [0.15, 0.2) is 0 Å². The summed E-state index contributed by atoms with van der Waals surface area (Å²) in [5.74, 6) is -0.0985. The van der Waals surface area contributed by atoms with Gasteiger partial charge in [-0.15, -0.1) is 0 Å². The highest BCUT2D eigenvalue weighted by Gasteiger charge is 2.16. The Hall–Kier alpha value is -1.04. The number of nitrogens with zero attached hydrogens (tertiary/aromatic N) is 1. The van der Waals surface area contributed by atoms with Gasteiger partial charge < -0.3 is 5.32 Å². The fraction of sp³-hybridized carbons (Fsp3) is 0.818. The minimum Gasteiger partial charge on any atom is -0.355 e. The fourth-order valence-corrected chi connectivity index (χ4v) is 1.09. The number of nitrogens with one attached hydrogen (secondary N) is 1. The van der Waals surface area contributed by atoms with Crippen LogP contribution in [0.2, 0.25) is 0 Å². The van der Waals surface area contributed by atoms with Gasteiger partial charge in [0.05, 0.1) is 6.07 Å². The smallest absolute Gasteiger partial charge is 0.237 e. The SMILES string of the molecule is CCCC(C#N)C(=O)NCC(C)CC. The highest BCUT2D eigenvalue weighted by Crippen LogP contribution is 2.05. The zero-order valence-electron chi connectivity index (χ0n) is 9.34. The van der Waals surface area contributed by atoms with Crippen LogP contribution >= 0.6 is 0 Å². The molecule has 2 atom stereocenters. The first kappa shape index (κ1) is 13.0. The van der Waals surface area contributed by atoms with E-state index in [0.717, 1.165) is 12.8 Å². The molecule has 0 saturated carbocycles. The van der Waals surface area contributed by atoms with Crippen LogP contribution in [0.25, 0.3) is 0 Å². The normalized spacial score (nSPS) is 14.1. The lowest BCUT2D eigenvalue weighted by Crippen LogP contribution is -2.33. The van der Waals surface area contributed by atoms with Gasteiger partial charge in [0.1, 0.15) is 5.92 Å². The number of hydrogen-bond donors (Lipinski definition) is 1. The highest BCUT2D eigenvalue weighted by molar-refractivity contribution is 5.80. The van der Waals surface area contributed by atoms with E-state index in [-0.39, 0.29) is 5.91 Å². The number of carbonyl (C=O) groups excluding carboxylic acids is 1. The molecule has 0 heterocycles. The molecule has 0 aromatic carbocycles. The van der Waals surface area contributed by atoms with Gasteiger partial charge in [-0.05, 0) is 12.3 Å². The predicted molar refractivity (Wildman–Crippen MR) is 56.5 cm³/mol. The van der Waals surface area contributed by atoms with Gasteiger partial charge in [0.2, 0.25) is 5.91 Å². The van der Waals surface area contributed by atoms with E-state index in [1.54, 1.807) is 0 Å². The molecule has 2 unspecified atom stereocenters. The summed E-state index contributed by atoms with van der Waals surface area (Å²) in [6.07, 6.45) is 2.57. The summed E-state index contributed by atoms with van der Waals surface area (Å²) in [4.78, 5) is 11.5. The first-order chi connectivity index (χ1) is 6.65. The molecule has 0 aromatic rings. The molecule has 14 heavy (non-hydrogen) atoms. The Morgan fingerprint density at radius 3 is 2.57 bits per heavy atom. The third-order valence-electron chi connectivity index (χ3n) is 2.37. The van der Waals surface area contributed by atoms with Crippen molar-refractivity contribution >= 4 is 5.91 Å². The molecule has 0 aliphatic carbocycles. The molecule has 0 bridgehead atoms. The summed E-state index contributed by atoms with van der Waals surface area (Å²) in [5, 5.41) is 11.5. The lowest BCUT2D eigenvalue weighted by Gasteiger charge is -2.12. The average Bonchev–Trinajstić information content (AvgIpc) is 2.21. The number of nitriles is 1. The predicted octanol–water partition coefficient (Wildman–Crippen LogP) is 2.09. The average molecular weight is 196 g/mol. The first-order valence-electron chi connectivity index (χ1n) is 5.32. The molecule has 0 aliphatic rings. The van der Waals surface area contributed by atoms with E-state index in [1.165, 1.54) is 0 Å². The highest BCUT2D eigenvalue weighted by atomic mass is 16.1. The summed E-state index contributed by atoms with van der Waals surface area (Å²) in [6, 6.07) is 2.03. The molecule has 3 nitrogen and oxygen atoms in total. The Morgan fingerprint density at radius 1 is 1.50 bits per heavy atom. The molecule has 0 radical (unpaired) electrons. The maximum absolute atomic E-state index is 11.5. The minimum absolute atomic E-state index is 0.116. The van der Waals surface area contributed by atoms with E-state index in [0.29, 0.717) is 18.9 Å². The minimum atomic E-state index is -0.468. The molecule has 1 N–H and O–H groups in total. The van der Waals surface area contributed by atoms with E-state index < -0.39 is 5.92 Å². The van der Waals surface area contributed by atoms with Crippen LogP contribution in [-0.4, -0.2) is 12.5 Å². The van der Waals surface area contributed by atoms with Crippen molar-refractivity contribution in [2.45, 2.75) is 40.0 Å². The molecule has 0 spiro atoms. The topological polar surface area (TPSA) is 52.9 Å². The van der Waals surface area contributed by atoms with Crippen LogP contribution in [0.4, 0.5) is 0 Å². The Morgan fingerprint density at radius 2 is 2.14 bits per heavy atom. The Labute approximate surface area is 86.5 Å². The van der Waals surface area contributed by atoms with Crippen molar-refractivity contribution < 1.29 is 4.79 Å². The van der Waals surface area contributed by atoms with Crippen molar-refractivity contribution in [3.63, 3.8) is 0 Å². The van der Waals surface area contributed by atoms with Crippen molar-refractivity contribution in [2.75, 3.05) is 6.54 Å². The van der Waals surface area contributed by atoms with Gasteiger partial charge in [0.25, 0.3) is 0 Å². The van der Waals surface area contributed by atoms with Crippen LogP contribution in [0, 0.1) is 23.2 Å². The molecule has 0 rings (SSSR count). The molecule has 80 valence electrons. The van der Waals surface area contributed by atoms with Crippen LogP contribution in [-0.2, 0) is 4.79 Å². The van der Waals surface area contributed by atoms with Crippen LogP contribution in [0.1, 0.15) is 40.0 Å². The second-order valence-electron chi connectivity index (χ2n) is 3.73. The Balaban J connectivity index is 3.88. The number of amides is 1. The van der Waals surface area contributed by atoms with Crippen molar-refractivity contribution in [1.29, 1.82) is 5.26 Å². The summed E-state index contributed by atoms with van der Waals surface area (Å²) < 4.78 is 0. The molecular formula is C11H20N2O. The molecule has 1 amide bonds. The van der Waals surface area contributed by atoms with Crippen molar-refractivity contribution in [3.05, 3.63) is 0 Å². The number of carbonyl (C=O) groups is 1. The molecule has 3 heteroatoms. The van der Waals surface area contributed by atoms with Crippen LogP contribution in [0.5, 0.6) is 0 Å². The van der Waals surface area contributed by atoms with Crippen molar-refractivity contribution in [3.8, 4) is 6.07 Å². The molecule has 0 aliphatic heterocycles. The monoisotopic (exact) mass is 196 g/mol. The van der Waals surface area contributed by atoms with Gasteiger partial charge in [-0.25, -0.2) is 0 Å². The molecule has 0 aromatic heterocycles. The van der Waals surface area contributed by atoms with Crippen LogP contribution in [0.3, 0.4) is 0 Å². The summed E-state index contributed by atoms with van der Waals surface area (Å²) in [5.41, 5.74) is 0. The van der Waals surface area contributed by atoms with E-state index in [2.05, 4.69) is 19.2 Å². The third-order valence-corrected chi connectivity index (χ3v) is 2.37. The lowest BCUT2D eigenvalue weighted by molar-refractivity contribution is -0.123. The maximum Gasteiger partial charge on any atom is 0.237 e. The quantitative estimate of drug-likeness (QED) is 0.707. The zero-order valence-corrected chi connectivity index (χ0v) is 9.34. The first-order valence-corrected chi connectivity index (χ1v) is 5.32. The molecule has 0 fully saturated rings. The van der Waals surface area contributed by atoms with Gasteiger partial charge in [-0.3, -0.25) is 4.79 Å².